The van der Waals surface area contributed by atoms with E-state index in [9.17, 15) is 4.39 Å². The number of hydrogen-bond acceptors (Lipinski definition) is 2. The summed E-state index contributed by atoms with van der Waals surface area (Å²) in [5.41, 5.74) is 5.84. The van der Waals surface area contributed by atoms with E-state index >= 15 is 0 Å². The molecule has 0 amide bonds. The molecular weight excluding hydrogens is 169 g/mol. The number of para-hydroxylation sites is 1. The Balaban J connectivity index is 2.75. The molecule has 0 aliphatic heterocycles. The Labute approximate surface area is 76.8 Å². The van der Waals surface area contributed by atoms with Crippen molar-refractivity contribution in [2.45, 2.75) is 6.92 Å². The quantitative estimate of drug-likeness (QED) is 0.574. The molecule has 0 bridgehead atoms. The van der Waals surface area contributed by atoms with Gasteiger partial charge in [0.05, 0.1) is 5.69 Å². The summed E-state index contributed by atoms with van der Waals surface area (Å²) in [6.45, 7) is 2.20. The van der Waals surface area contributed by atoms with Crippen molar-refractivity contribution in [3.63, 3.8) is 0 Å². The highest BCUT2D eigenvalue weighted by Gasteiger charge is 2.05. The highest BCUT2D eigenvalue weighted by molar-refractivity contribution is 5.52. The van der Waals surface area contributed by atoms with Gasteiger partial charge in [-0.15, -0.1) is 0 Å². The zero-order valence-corrected chi connectivity index (χ0v) is 7.46. The Morgan fingerprint density at radius 1 is 1.54 bits per heavy atom. The lowest BCUT2D eigenvalue weighted by Crippen LogP contribution is -1.99. The fourth-order valence-corrected chi connectivity index (χ4v) is 0.905. The smallest absolute Gasteiger partial charge is 0.178 e. The number of hydrogen-bond donors (Lipinski definition) is 1. The highest BCUT2D eigenvalue weighted by Crippen LogP contribution is 2.24. The Hall–Kier alpha value is -1.51. The van der Waals surface area contributed by atoms with E-state index in [0.29, 0.717) is 12.3 Å². The van der Waals surface area contributed by atoms with E-state index in [2.05, 4.69) is 0 Å². The molecule has 0 aliphatic carbocycles. The zero-order valence-electron chi connectivity index (χ0n) is 7.46. The predicted molar refractivity (Wildman–Crippen MR) is 51.1 cm³/mol. The first kappa shape index (κ1) is 9.58. The van der Waals surface area contributed by atoms with Gasteiger partial charge in [-0.25, -0.2) is 4.39 Å². The number of anilines is 1. The molecule has 0 atom stereocenters. The van der Waals surface area contributed by atoms with Crippen LogP contribution in [0.3, 0.4) is 0 Å². The second-order valence-corrected chi connectivity index (χ2v) is 2.54. The van der Waals surface area contributed by atoms with Gasteiger partial charge < -0.3 is 10.5 Å². The van der Waals surface area contributed by atoms with Gasteiger partial charge in [0, 0.05) is 0 Å². The fraction of sp³-hybridized carbons (Fsp3) is 0.200. The first-order valence-corrected chi connectivity index (χ1v) is 4.03. The molecule has 0 saturated heterocycles. The second kappa shape index (κ2) is 4.50. The molecule has 0 fully saturated rings. The topological polar surface area (TPSA) is 35.2 Å². The van der Waals surface area contributed by atoms with E-state index in [-0.39, 0.29) is 5.75 Å². The van der Waals surface area contributed by atoms with Gasteiger partial charge in [0.1, 0.15) is 6.61 Å². The van der Waals surface area contributed by atoms with Crippen LogP contribution in [0.2, 0.25) is 0 Å². The van der Waals surface area contributed by atoms with Gasteiger partial charge in [-0.2, -0.15) is 0 Å². The van der Waals surface area contributed by atoms with E-state index in [1.54, 1.807) is 18.2 Å². The SMILES string of the molecule is C/C=C/COc1c(N)cccc1F. The number of rotatable bonds is 3. The van der Waals surface area contributed by atoms with Crippen molar-refractivity contribution in [2.24, 2.45) is 0 Å². The number of benzene rings is 1. The van der Waals surface area contributed by atoms with Crippen LogP contribution in [0, 0.1) is 5.82 Å². The first-order chi connectivity index (χ1) is 6.25. The number of halogens is 1. The van der Waals surface area contributed by atoms with Crippen LogP contribution in [0.1, 0.15) is 6.92 Å². The second-order valence-electron chi connectivity index (χ2n) is 2.54. The van der Waals surface area contributed by atoms with E-state index in [1.807, 2.05) is 13.0 Å². The molecule has 13 heavy (non-hydrogen) atoms. The largest absolute Gasteiger partial charge is 0.484 e. The van der Waals surface area contributed by atoms with Crippen LogP contribution in [0.5, 0.6) is 5.75 Å². The van der Waals surface area contributed by atoms with Crippen LogP contribution in [0.25, 0.3) is 0 Å². The van der Waals surface area contributed by atoms with Gasteiger partial charge in [0.15, 0.2) is 11.6 Å². The zero-order chi connectivity index (χ0) is 9.68. The minimum absolute atomic E-state index is 0.126. The van der Waals surface area contributed by atoms with Gasteiger partial charge in [0.25, 0.3) is 0 Å². The lowest BCUT2D eigenvalue weighted by atomic mass is 10.3. The predicted octanol–water partition coefficient (Wildman–Crippen LogP) is 2.36. The molecule has 3 heteroatoms. The third kappa shape index (κ3) is 2.47. The third-order valence-corrected chi connectivity index (χ3v) is 1.56. The van der Waals surface area contributed by atoms with Crippen molar-refractivity contribution in [1.82, 2.24) is 0 Å². The third-order valence-electron chi connectivity index (χ3n) is 1.56. The van der Waals surface area contributed by atoms with E-state index in [4.69, 9.17) is 10.5 Å². The summed E-state index contributed by atoms with van der Waals surface area (Å²) >= 11 is 0. The first-order valence-electron chi connectivity index (χ1n) is 4.03. The average Bonchev–Trinajstić information content (AvgIpc) is 2.10. The summed E-state index contributed by atoms with van der Waals surface area (Å²) in [4.78, 5) is 0. The maximum atomic E-state index is 13.0. The lowest BCUT2D eigenvalue weighted by Gasteiger charge is -2.06. The van der Waals surface area contributed by atoms with Gasteiger partial charge >= 0.3 is 0 Å². The van der Waals surface area contributed by atoms with Crippen molar-refractivity contribution in [2.75, 3.05) is 12.3 Å². The molecule has 0 aromatic heterocycles. The minimum atomic E-state index is -0.426. The van der Waals surface area contributed by atoms with Crippen LogP contribution in [0.15, 0.2) is 30.4 Å². The Bertz CT molecular complexity index is 290. The molecule has 0 aliphatic rings. The van der Waals surface area contributed by atoms with E-state index < -0.39 is 5.82 Å². The highest BCUT2D eigenvalue weighted by atomic mass is 19.1. The van der Waals surface area contributed by atoms with Crippen LogP contribution >= 0.6 is 0 Å². The summed E-state index contributed by atoms with van der Waals surface area (Å²) in [5, 5.41) is 0. The van der Waals surface area contributed by atoms with Crippen molar-refractivity contribution in [1.29, 1.82) is 0 Å². The van der Waals surface area contributed by atoms with E-state index in [0.717, 1.165) is 0 Å². The normalized spacial score (nSPS) is 10.6. The van der Waals surface area contributed by atoms with Gasteiger partial charge in [-0.05, 0) is 19.1 Å². The molecule has 2 nitrogen and oxygen atoms in total. The summed E-state index contributed by atoms with van der Waals surface area (Å²) < 4.78 is 18.2. The van der Waals surface area contributed by atoms with E-state index in [1.165, 1.54) is 6.07 Å². The Morgan fingerprint density at radius 3 is 2.92 bits per heavy atom. The standard InChI is InChI=1S/C10H12FNO/c1-2-3-7-13-10-8(11)5-4-6-9(10)12/h2-6H,7,12H2,1H3/b3-2+. The van der Waals surface area contributed by atoms with Gasteiger partial charge in [-0.1, -0.05) is 18.2 Å². The number of allylic oxidation sites excluding steroid dienone is 1. The molecule has 2 N–H and O–H groups in total. The molecule has 0 radical (unpaired) electrons. The summed E-state index contributed by atoms with van der Waals surface area (Å²) in [6, 6.07) is 4.47. The average molecular weight is 181 g/mol. The fourth-order valence-electron chi connectivity index (χ4n) is 0.905. The Morgan fingerprint density at radius 2 is 2.31 bits per heavy atom. The van der Waals surface area contributed by atoms with Gasteiger partial charge in [0.2, 0.25) is 0 Å². The van der Waals surface area contributed by atoms with Gasteiger partial charge in [-0.3, -0.25) is 0 Å². The van der Waals surface area contributed by atoms with Crippen LogP contribution < -0.4 is 10.5 Å². The molecule has 0 spiro atoms. The maximum absolute atomic E-state index is 13.0. The molecule has 0 heterocycles. The molecular formula is C10H12FNO. The number of ether oxygens (including phenoxy) is 1. The molecule has 1 aromatic rings. The molecule has 0 saturated carbocycles. The van der Waals surface area contributed by atoms with Crippen molar-refractivity contribution in [3.8, 4) is 5.75 Å². The molecule has 0 unspecified atom stereocenters. The maximum Gasteiger partial charge on any atom is 0.178 e. The minimum Gasteiger partial charge on any atom is -0.484 e. The van der Waals surface area contributed by atoms with Crippen LogP contribution in [-0.4, -0.2) is 6.61 Å². The van der Waals surface area contributed by atoms with Crippen LogP contribution in [0.4, 0.5) is 10.1 Å². The van der Waals surface area contributed by atoms with Crippen molar-refractivity contribution >= 4 is 5.69 Å². The summed E-state index contributed by atoms with van der Waals surface area (Å²) in [5.74, 6) is -0.301. The van der Waals surface area contributed by atoms with Crippen LogP contribution in [-0.2, 0) is 0 Å². The number of nitrogens with two attached hydrogens (primary N) is 1. The number of nitrogen functional groups attached to an aromatic ring is 1. The monoisotopic (exact) mass is 181 g/mol. The molecule has 1 rings (SSSR count). The summed E-state index contributed by atoms with van der Waals surface area (Å²) in [6.07, 6.45) is 3.61. The van der Waals surface area contributed by atoms with Crippen molar-refractivity contribution in [3.05, 3.63) is 36.2 Å². The summed E-state index contributed by atoms with van der Waals surface area (Å²) in [7, 11) is 0. The lowest BCUT2D eigenvalue weighted by molar-refractivity contribution is 0.343. The Kier molecular flexibility index (Phi) is 3.31. The van der Waals surface area contributed by atoms with Crippen molar-refractivity contribution < 1.29 is 9.13 Å². The molecule has 1 aromatic carbocycles. The molecule has 70 valence electrons.